The van der Waals surface area contributed by atoms with Crippen molar-refractivity contribution in [1.82, 2.24) is 10.2 Å². The van der Waals surface area contributed by atoms with Crippen molar-refractivity contribution in [3.8, 4) is 0 Å². The van der Waals surface area contributed by atoms with Crippen molar-refractivity contribution in [2.45, 2.75) is 13.8 Å². The van der Waals surface area contributed by atoms with E-state index in [9.17, 15) is 9.59 Å². The monoisotopic (exact) mass is 273 g/mol. The summed E-state index contributed by atoms with van der Waals surface area (Å²) in [7, 11) is 0. The Balaban J connectivity index is 2.22. The van der Waals surface area contributed by atoms with E-state index in [-0.39, 0.29) is 23.9 Å². The van der Waals surface area contributed by atoms with Gasteiger partial charge in [-0.1, -0.05) is 18.2 Å². The first-order valence-electron chi connectivity index (χ1n) is 6.22. The number of hydrogen-bond donors (Lipinski definition) is 2. The highest BCUT2D eigenvalue weighted by Gasteiger charge is 2.21. The summed E-state index contributed by atoms with van der Waals surface area (Å²) in [5, 5.41) is 9.20. The number of carbonyl (C=O) groups is 2. The minimum absolute atomic E-state index is 0.176. The highest BCUT2D eigenvalue weighted by atomic mass is 16.5. The molecule has 0 aliphatic heterocycles. The van der Waals surface area contributed by atoms with Gasteiger partial charge in [0.1, 0.15) is 5.56 Å². The average molecular weight is 273 g/mol. The topological polar surface area (TPSA) is 84.1 Å². The molecule has 0 radical (unpaired) electrons. The summed E-state index contributed by atoms with van der Waals surface area (Å²) < 4.78 is 4.94. The molecule has 0 atom stereocenters. The summed E-state index contributed by atoms with van der Waals surface area (Å²) in [6.07, 6.45) is 0. The summed E-state index contributed by atoms with van der Waals surface area (Å²) in [5.74, 6) is -0.667. The van der Waals surface area contributed by atoms with E-state index in [1.165, 1.54) is 0 Å². The second kappa shape index (κ2) is 6.01. The molecule has 0 saturated carbocycles. The summed E-state index contributed by atoms with van der Waals surface area (Å²) in [6, 6.07) is 8.70. The van der Waals surface area contributed by atoms with Crippen molar-refractivity contribution in [2.24, 2.45) is 0 Å². The molecule has 1 heterocycles. The number of anilines is 1. The lowest BCUT2D eigenvalue weighted by atomic mass is 10.2. The lowest BCUT2D eigenvalue weighted by Gasteiger charge is -2.05. The van der Waals surface area contributed by atoms with Gasteiger partial charge >= 0.3 is 5.97 Å². The van der Waals surface area contributed by atoms with Crippen molar-refractivity contribution in [2.75, 3.05) is 11.9 Å². The zero-order valence-electron chi connectivity index (χ0n) is 11.3. The van der Waals surface area contributed by atoms with Gasteiger partial charge in [0.25, 0.3) is 5.91 Å². The van der Waals surface area contributed by atoms with Crippen LogP contribution in [-0.4, -0.2) is 28.7 Å². The Morgan fingerprint density at radius 3 is 2.65 bits per heavy atom. The molecule has 104 valence electrons. The number of rotatable bonds is 4. The largest absolute Gasteiger partial charge is 0.462 e. The average Bonchev–Trinajstić information content (AvgIpc) is 2.81. The fourth-order valence-corrected chi connectivity index (χ4v) is 1.74. The minimum atomic E-state index is -0.512. The SMILES string of the molecule is CCOC(=O)c1c(NC(=O)c2ccccc2)n[nH]c1C. The van der Waals surface area contributed by atoms with Crippen LogP contribution in [0.25, 0.3) is 0 Å². The van der Waals surface area contributed by atoms with Crippen LogP contribution in [-0.2, 0) is 4.74 Å². The lowest BCUT2D eigenvalue weighted by molar-refractivity contribution is 0.0527. The van der Waals surface area contributed by atoms with Crippen molar-refractivity contribution in [3.05, 3.63) is 47.2 Å². The molecule has 0 aliphatic rings. The van der Waals surface area contributed by atoms with Crippen LogP contribution in [0, 0.1) is 6.92 Å². The predicted molar refractivity (Wildman–Crippen MR) is 73.7 cm³/mol. The van der Waals surface area contributed by atoms with Gasteiger partial charge in [0.15, 0.2) is 5.82 Å². The number of benzene rings is 1. The maximum Gasteiger partial charge on any atom is 0.343 e. The maximum atomic E-state index is 12.0. The second-order valence-corrected chi connectivity index (χ2v) is 4.11. The number of nitrogens with one attached hydrogen (secondary N) is 2. The first kappa shape index (κ1) is 13.8. The molecule has 2 N–H and O–H groups in total. The number of H-pyrrole nitrogens is 1. The normalized spacial score (nSPS) is 10.1. The molecular formula is C14H15N3O3. The van der Waals surface area contributed by atoms with Gasteiger partial charge in [0.05, 0.1) is 6.61 Å². The van der Waals surface area contributed by atoms with Crippen molar-refractivity contribution in [1.29, 1.82) is 0 Å². The van der Waals surface area contributed by atoms with Crippen LogP contribution in [0.15, 0.2) is 30.3 Å². The third kappa shape index (κ3) is 2.85. The van der Waals surface area contributed by atoms with Crippen LogP contribution in [0.1, 0.15) is 33.3 Å². The zero-order chi connectivity index (χ0) is 14.5. The van der Waals surface area contributed by atoms with Crippen molar-refractivity contribution in [3.63, 3.8) is 0 Å². The number of esters is 1. The molecule has 0 fully saturated rings. The number of hydrogen-bond acceptors (Lipinski definition) is 4. The number of ether oxygens (including phenoxy) is 1. The number of amides is 1. The molecule has 20 heavy (non-hydrogen) atoms. The van der Waals surface area contributed by atoms with Gasteiger partial charge in [-0.2, -0.15) is 5.10 Å². The number of carbonyl (C=O) groups excluding carboxylic acids is 2. The maximum absolute atomic E-state index is 12.0. The summed E-state index contributed by atoms with van der Waals surface area (Å²) in [6.45, 7) is 3.67. The van der Waals surface area contributed by atoms with Crippen molar-refractivity contribution < 1.29 is 14.3 Å². The van der Waals surface area contributed by atoms with Crippen LogP contribution >= 0.6 is 0 Å². The van der Waals surface area contributed by atoms with Gasteiger partial charge in [-0.05, 0) is 26.0 Å². The van der Waals surface area contributed by atoms with Gasteiger partial charge in [0.2, 0.25) is 0 Å². The highest BCUT2D eigenvalue weighted by Crippen LogP contribution is 2.18. The molecule has 1 aromatic heterocycles. The van der Waals surface area contributed by atoms with E-state index in [1.807, 2.05) is 6.07 Å². The van der Waals surface area contributed by atoms with Crippen LogP contribution < -0.4 is 5.32 Å². The smallest absolute Gasteiger partial charge is 0.343 e. The van der Waals surface area contributed by atoms with E-state index in [1.54, 1.807) is 38.1 Å². The van der Waals surface area contributed by atoms with Crippen LogP contribution in [0.4, 0.5) is 5.82 Å². The van der Waals surface area contributed by atoms with Crippen LogP contribution in [0.3, 0.4) is 0 Å². The number of aromatic nitrogens is 2. The van der Waals surface area contributed by atoms with E-state index >= 15 is 0 Å². The summed E-state index contributed by atoms with van der Waals surface area (Å²) >= 11 is 0. The fraction of sp³-hybridized carbons (Fsp3) is 0.214. The van der Waals surface area contributed by atoms with Crippen LogP contribution in [0.2, 0.25) is 0 Å². The molecule has 0 bridgehead atoms. The first-order chi connectivity index (χ1) is 9.63. The molecule has 0 aliphatic carbocycles. The Morgan fingerprint density at radius 2 is 2.00 bits per heavy atom. The number of aromatic amines is 1. The van der Waals surface area contributed by atoms with E-state index in [4.69, 9.17) is 4.74 Å². The molecule has 2 rings (SSSR count). The molecule has 0 saturated heterocycles. The summed E-state index contributed by atoms with van der Waals surface area (Å²) in [5.41, 5.74) is 1.28. The third-order valence-electron chi connectivity index (χ3n) is 2.69. The Morgan fingerprint density at radius 1 is 1.30 bits per heavy atom. The van der Waals surface area contributed by atoms with E-state index in [0.29, 0.717) is 11.3 Å². The number of aryl methyl sites for hydroxylation is 1. The van der Waals surface area contributed by atoms with Gasteiger partial charge in [-0.3, -0.25) is 9.89 Å². The zero-order valence-corrected chi connectivity index (χ0v) is 11.3. The molecular weight excluding hydrogens is 258 g/mol. The van der Waals surface area contributed by atoms with Gasteiger partial charge in [-0.15, -0.1) is 0 Å². The highest BCUT2D eigenvalue weighted by molar-refractivity contribution is 6.07. The van der Waals surface area contributed by atoms with E-state index in [2.05, 4.69) is 15.5 Å². The van der Waals surface area contributed by atoms with Gasteiger partial charge < -0.3 is 10.1 Å². The van der Waals surface area contributed by atoms with E-state index < -0.39 is 5.97 Å². The van der Waals surface area contributed by atoms with Crippen molar-refractivity contribution >= 4 is 17.7 Å². The van der Waals surface area contributed by atoms with Gasteiger partial charge in [-0.25, -0.2) is 4.79 Å². The molecule has 0 spiro atoms. The van der Waals surface area contributed by atoms with Crippen LogP contribution in [0.5, 0.6) is 0 Å². The first-order valence-corrected chi connectivity index (χ1v) is 6.22. The fourth-order valence-electron chi connectivity index (χ4n) is 1.74. The Bertz CT molecular complexity index is 620. The quantitative estimate of drug-likeness (QED) is 0.836. The molecule has 6 heteroatoms. The molecule has 0 unspecified atom stereocenters. The Kier molecular flexibility index (Phi) is 4.14. The van der Waals surface area contributed by atoms with E-state index in [0.717, 1.165) is 0 Å². The minimum Gasteiger partial charge on any atom is -0.462 e. The summed E-state index contributed by atoms with van der Waals surface area (Å²) in [4.78, 5) is 23.9. The molecule has 6 nitrogen and oxygen atoms in total. The standard InChI is InChI=1S/C14H15N3O3/c1-3-20-14(19)11-9(2)16-17-12(11)15-13(18)10-7-5-4-6-8-10/h4-8H,3H2,1-2H3,(H2,15,16,17,18). The molecule has 2 aromatic rings. The molecule has 1 aromatic carbocycles. The molecule has 1 amide bonds. The lowest BCUT2D eigenvalue weighted by Crippen LogP contribution is -2.15. The third-order valence-corrected chi connectivity index (χ3v) is 2.69. The predicted octanol–water partition coefficient (Wildman–Crippen LogP) is 2.15. The second-order valence-electron chi connectivity index (χ2n) is 4.11. The number of nitrogens with zero attached hydrogens (tertiary/aromatic N) is 1. The Hall–Kier alpha value is -2.63. The van der Waals surface area contributed by atoms with Gasteiger partial charge in [0, 0.05) is 11.3 Å². The Labute approximate surface area is 116 Å².